The molecule has 0 heterocycles. The first-order valence-electron chi connectivity index (χ1n) is 50.4. The minimum Gasteiger partial charge on any atom is -0.726 e. The molecule has 0 aliphatic carbocycles. The van der Waals surface area contributed by atoms with E-state index < -0.39 is 20.8 Å². The summed E-state index contributed by atoms with van der Waals surface area (Å²) in [7, 11) is -0.327. The van der Waals surface area contributed by atoms with Gasteiger partial charge in [0.2, 0.25) is 20.8 Å². The molecule has 0 aromatic carbocycles. The molecule has 0 bridgehead atoms. The van der Waals surface area contributed by atoms with E-state index in [2.05, 4.69) is 36.6 Å². The Hall–Kier alpha value is -1.86. The third-order valence-electron chi connectivity index (χ3n) is 18.6. The zero-order valence-electron chi connectivity index (χ0n) is 86.7. The summed E-state index contributed by atoms with van der Waals surface area (Å²) in [6, 6.07) is 0. The molecule has 0 fully saturated rings. The first kappa shape index (κ1) is 140. The Balaban J connectivity index is 3.26. The lowest BCUT2D eigenvalue weighted by atomic mass is 10.3. The Kier molecular flexibility index (Phi) is 116. The summed E-state index contributed by atoms with van der Waals surface area (Å²) >= 11 is 0. The number of hydrogen-bond acceptors (Lipinski definition) is 46. The Bertz CT molecular complexity index is 2450. The van der Waals surface area contributed by atoms with Gasteiger partial charge in [-0.05, 0) is 12.8 Å². The second kappa shape index (κ2) is 118. The minimum absolute atomic E-state index is 0.0209. The normalized spacial score (nSPS) is 12.4. The van der Waals surface area contributed by atoms with Crippen LogP contribution in [-0.2, 0) is 209 Å². The molecule has 0 spiro atoms. The first-order valence-corrected chi connectivity index (χ1v) is 53.1. The lowest BCUT2D eigenvalue weighted by Gasteiger charge is -2.29. The van der Waals surface area contributed by atoms with Crippen molar-refractivity contribution < 1.29 is 223 Å². The highest BCUT2D eigenvalue weighted by Crippen LogP contribution is 2.07. The first-order chi connectivity index (χ1) is 69.6. The van der Waals surface area contributed by atoms with Gasteiger partial charge in [-0.15, -0.1) is 0 Å². The predicted molar refractivity (Wildman–Crippen MR) is 514 cm³/mol. The largest absolute Gasteiger partial charge is 0.726 e. The average Bonchev–Trinajstić information content (AvgIpc) is 0.941. The third-order valence-corrected chi connectivity index (χ3v) is 19.5. The highest BCUT2D eigenvalue weighted by molar-refractivity contribution is 7.81. The number of quaternary nitrogens is 2. The Labute approximate surface area is 848 Å². The van der Waals surface area contributed by atoms with E-state index in [1.165, 1.54) is 0 Å². The van der Waals surface area contributed by atoms with E-state index in [1.807, 2.05) is 0 Å². The number of ether oxygens (including phenoxy) is 38. The van der Waals surface area contributed by atoms with Crippen LogP contribution in [0, 0.1) is 0 Å². The molecule has 854 valence electrons. The zero-order valence-corrected chi connectivity index (χ0v) is 88.3. The van der Waals surface area contributed by atoms with Gasteiger partial charge >= 0.3 is 0 Å². The Morgan fingerprint density at radius 2 is 0.190 bits per heavy atom. The third kappa shape index (κ3) is 130. The summed E-state index contributed by atoms with van der Waals surface area (Å²) in [5.41, 5.74) is 0. The van der Waals surface area contributed by atoms with Crippen molar-refractivity contribution in [1.29, 1.82) is 0 Å². The average molecular weight is 2120 g/mol. The van der Waals surface area contributed by atoms with Crippen LogP contribution in [0.3, 0.4) is 0 Å². The lowest BCUT2D eigenvalue weighted by Crippen LogP contribution is -2.42. The van der Waals surface area contributed by atoms with Gasteiger partial charge in [-0.25, -0.2) is 16.8 Å². The van der Waals surface area contributed by atoms with Gasteiger partial charge in [0.15, 0.2) is 0 Å². The molecule has 0 unspecified atom stereocenters. The monoisotopic (exact) mass is 2120 g/mol. The van der Waals surface area contributed by atoms with E-state index in [0.717, 1.165) is 100 Å². The zero-order chi connectivity index (χ0) is 103. The van der Waals surface area contributed by atoms with Crippen molar-refractivity contribution in [3.63, 3.8) is 0 Å². The van der Waals surface area contributed by atoms with Gasteiger partial charge in [0.05, 0.1) is 556 Å². The summed E-state index contributed by atoms with van der Waals surface area (Å²) in [6.45, 7) is 39.1. The van der Waals surface area contributed by atoms with Gasteiger partial charge in [0, 0.05) is 38.9 Å². The fourth-order valence-corrected chi connectivity index (χ4v) is 11.8. The molecule has 0 aromatic rings. The highest BCUT2D eigenvalue weighted by Gasteiger charge is 2.17. The molecule has 48 nitrogen and oxygen atoms in total. The van der Waals surface area contributed by atoms with E-state index in [9.17, 15) is 25.9 Å². The number of rotatable bonds is 131. The summed E-state index contributed by atoms with van der Waals surface area (Å²) in [4.78, 5) is 0. The van der Waals surface area contributed by atoms with Gasteiger partial charge in [-0.1, -0.05) is 0 Å². The molecular weight excluding hydrogens is 1930 g/mol. The van der Waals surface area contributed by atoms with Crippen LogP contribution in [-0.4, -0.2) is 605 Å². The van der Waals surface area contributed by atoms with Crippen molar-refractivity contribution in [2.75, 3.05) is 570 Å². The molecule has 0 aliphatic rings. The Morgan fingerprint density at radius 3 is 0.282 bits per heavy atom. The SMILES string of the molecule is C[N+](C)(CCCOCCCCOCCC[N+](C)(C)CCCOCCOCCOCCOCCOCCOCCOCCOCCOCCOCCOCCOCCOCCOCCOCCOCCOCCOCCOS(=O)(=O)[O-])CCCOCCOCCOCCOCCOCCOCCOCCOCCOCCOCCOCCOCCOCCOCCOCCOCCOCCOCCOS(=O)(=O)[O-]. The van der Waals surface area contributed by atoms with Crippen LogP contribution < -0.4 is 0 Å². The van der Waals surface area contributed by atoms with Crippen molar-refractivity contribution in [2.24, 2.45) is 0 Å². The maximum atomic E-state index is 10.3. The minimum atomic E-state index is -4.69. The van der Waals surface area contributed by atoms with Crippen LogP contribution >= 0.6 is 0 Å². The van der Waals surface area contributed by atoms with E-state index in [-0.39, 0.29) is 39.6 Å². The molecule has 0 atom stereocenters. The molecule has 0 N–H and O–H groups in total. The van der Waals surface area contributed by atoms with E-state index in [0.29, 0.717) is 449 Å². The van der Waals surface area contributed by atoms with Crippen LogP contribution in [0.5, 0.6) is 0 Å². The van der Waals surface area contributed by atoms with Crippen LogP contribution in [0.4, 0.5) is 0 Å². The van der Waals surface area contributed by atoms with Crippen LogP contribution in [0.2, 0.25) is 0 Å². The van der Waals surface area contributed by atoms with Gasteiger partial charge in [-0.2, -0.15) is 0 Å². The molecule has 0 rings (SSSR count). The second-order valence-corrected chi connectivity index (χ2v) is 33.7. The smallest absolute Gasteiger partial charge is 0.217 e. The number of unbranched alkanes of at least 4 members (excludes halogenated alkanes) is 1. The predicted octanol–water partition coefficient (Wildman–Crippen LogP) is 1.06. The van der Waals surface area contributed by atoms with Gasteiger partial charge in [0.25, 0.3) is 0 Å². The van der Waals surface area contributed by atoms with Crippen molar-refractivity contribution >= 4 is 20.8 Å². The molecule has 0 saturated carbocycles. The number of nitrogens with zero attached hydrogens (tertiary/aromatic N) is 2. The van der Waals surface area contributed by atoms with Crippen molar-refractivity contribution in [3.05, 3.63) is 0 Å². The summed E-state index contributed by atoms with van der Waals surface area (Å²) in [5.74, 6) is 0. The second-order valence-electron chi connectivity index (χ2n) is 31.6. The summed E-state index contributed by atoms with van der Waals surface area (Å²) < 4.78 is 282. The van der Waals surface area contributed by atoms with E-state index in [4.69, 9.17) is 180 Å². The summed E-state index contributed by atoms with van der Waals surface area (Å²) in [5, 5.41) is 0. The quantitative estimate of drug-likeness (QED) is 0.0355. The van der Waals surface area contributed by atoms with Gasteiger partial charge in [0.1, 0.15) is 0 Å². The van der Waals surface area contributed by atoms with Gasteiger partial charge < -0.3 is 198 Å². The Morgan fingerprint density at radius 1 is 0.120 bits per heavy atom. The summed E-state index contributed by atoms with van der Waals surface area (Å²) in [6.07, 6.45) is 6.05. The maximum absolute atomic E-state index is 10.3. The molecule has 0 aromatic heterocycles. The molecule has 0 amide bonds. The van der Waals surface area contributed by atoms with E-state index >= 15 is 0 Å². The van der Waals surface area contributed by atoms with Crippen molar-refractivity contribution in [3.8, 4) is 0 Å². The van der Waals surface area contributed by atoms with Crippen molar-refractivity contribution in [2.45, 2.75) is 38.5 Å². The molecule has 142 heavy (non-hydrogen) atoms. The molecule has 0 aliphatic heterocycles. The number of hydrogen-bond donors (Lipinski definition) is 0. The van der Waals surface area contributed by atoms with Crippen LogP contribution in [0.15, 0.2) is 0 Å². The fourth-order valence-electron chi connectivity index (χ4n) is 11.3. The highest BCUT2D eigenvalue weighted by atomic mass is 32.3. The standard InChI is InChI=1S/C92H188N2O46S2/c1-93(2,13-9-19-103-21-23-105-25-27-107-29-31-109-33-35-111-37-39-113-41-43-115-45-47-117-49-51-119-53-55-121-57-59-123-61-63-125-65-67-127-69-71-129-73-75-131-77-79-133-81-83-135-85-87-137-89-91-139-141(95,96)97)11-7-17-101-15-5-6-16-102-18-8-12-94(3,4)14-10-20-104-22-24-106-26-28-108-30-32-110-34-36-112-38-40-114-42-44-116-46-48-118-50-52-120-54-56-122-58-60-124-62-64-126-66-68-128-70-72-130-74-76-132-78-80-134-82-84-136-86-88-138-90-92-140-142(98,99)100/h5-92H2,1-4H3. The topological polar surface area (TPSA) is 484 Å². The van der Waals surface area contributed by atoms with E-state index in [1.54, 1.807) is 0 Å². The molecule has 50 heteroatoms. The van der Waals surface area contributed by atoms with Crippen molar-refractivity contribution in [1.82, 2.24) is 0 Å². The van der Waals surface area contributed by atoms with Crippen LogP contribution in [0.25, 0.3) is 0 Å². The van der Waals surface area contributed by atoms with Gasteiger partial charge in [-0.3, -0.25) is 8.37 Å². The molecule has 0 radical (unpaired) electrons. The molecule has 0 saturated heterocycles. The lowest BCUT2D eigenvalue weighted by molar-refractivity contribution is -0.890. The fraction of sp³-hybridized carbons (Fsp3) is 1.00. The molecular formula is C92H188N2O46S2. The maximum Gasteiger partial charge on any atom is 0.217 e. The van der Waals surface area contributed by atoms with Crippen LogP contribution in [0.1, 0.15) is 38.5 Å².